The molecule has 1 fully saturated rings. The first kappa shape index (κ1) is 25.4. The maximum absolute atomic E-state index is 14.3. The van der Waals surface area contributed by atoms with Crippen LogP contribution >= 0.6 is 0 Å². The van der Waals surface area contributed by atoms with Crippen LogP contribution in [-0.2, 0) is 4.74 Å². The molecular weight excluding hydrogens is 487 g/mol. The lowest BCUT2D eigenvalue weighted by molar-refractivity contribution is 0.0489. The molecule has 0 aromatic carbocycles. The molecule has 0 unspecified atom stereocenters. The Morgan fingerprint density at radius 1 is 1.13 bits per heavy atom. The van der Waals surface area contributed by atoms with Crippen LogP contribution in [0.15, 0.2) is 55.1 Å². The molecule has 2 N–H and O–H groups in total. The molecule has 4 aromatic heterocycles. The number of nitrogens with one attached hydrogen (secondary N) is 2. The number of hydrogen-bond acceptors (Lipinski definition) is 8. The first-order valence-electron chi connectivity index (χ1n) is 12.6. The van der Waals surface area contributed by atoms with Crippen molar-refractivity contribution in [1.29, 1.82) is 0 Å². The van der Waals surface area contributed by atoms with Crippen molar-refractivity contribution in [1.82, 2.24) is 29.9 Å². The molecule has 0 aliphatic carbocycles. The molecule has 0 radical (unpaired) electrons. The summed E-state index contributed by atoms with van der Waals surface area (Å²) in [5.74, 6) is 0.0117. The van der Waals surface area contributed by atoms with Crippen molar-refractivity contribution in [2.75, 3.05) is 16.8 Å². The quantitative estimate of drug-likeness (QED) is 0.382. The van der Waals surface area contributed by atoms with Crippen LogP contribution in [-0.4, -0.2) is 54.9 Å². The lowest BCUT2D eigenvalue weighted by atomic mass is 9.96. The number of rotatable bonds is 5. The van der Waals surface area contributed by atoms with Crippen molar-refractivity contribution >= 4 is 28.9 Å². The monoisotopic (exact) mass is 518 g/mol. The molecule has 198 valence electrons. The number of ether oxygens (including phenoxy) is 1. The van der Waals surface area contributed by atoms with Crippen molar-refractivity contribution < 1.29 is 13.9 Å². The summed E-state index contributed by atoms with van der Waals surface area (Å²) < 4.78 is 21.4. The molecule has 2 atom stereocenters. The van der Waals surface area contributed by atoms with Gasteiger partial charge in [0, 0.05) is 25.0 Å². The number of amides is 1. The summed E-state index contributed by atoms with van der Waals surface area (Å²) in [6.07, 6.45) is 8.03. The van der Waals surface area contributed by atoms with Gasteiger partial charge in [-0.3, -0.25) is 9.97 Å². The third kappa shape index (κ3) is 5.36. The minimum absolute atomic E-state index is 0.00750. The highest BCUT2D eigenvalue weighted by molar-refractivity contribution is 5.74. The average molecular weight is 519 g/mol. The van der Waals surface area contributed by atoms with Gasteiger partial charge in [-0.25, -0.2) is 14.2 Å². The molecule has 11 heteroatoms. The van der Waals surface area contributed by atoms with Crippen molar-refractivity contribution in [3.05, 3.63) is 60.9 Å². The highest BCUT2D eigenvalue weighted by Gasteiger charge is 2.32. The van der Waals surface area contributed by atoms with E-state index in [2.05, 4.69) is 42.5 Å². The number of halogens is 1. The van der Waals surface area contributed by atoms with Crippen LogP contribution in [0.5, 0.6) is 0 Å². The van der Waals surface area contributed by atoms with Crippen molar-refractivity contribution in [2.24, 2.45) is 0 Å². The minimum atomic E-state index is -0.562. The maximum Gasteiger partial charge on any atom is 0.407 e. The fourth-order valence-electron chi connectivity index (χ4n) is 4.66. The van der Waals surface area contributed by atoms with Crippen LogP contribution in [0.1, 0.15) is 40.5 Å². The Hall–Kier alpha value is -4.28. The third-order valence-corrected chi connectivity index (χ3v) is 6.43. The zero-order valence-corrected chi connectivity index (χ0v) is 21.8. The molecule has 1 aliphatic heterocycles. The predicted octanol–water partition coefficient (Wildman–Crippen LogP) is 4.95. The van der Waals surface area contributed by atoms with E-state index in [1.807, 2.05) is 32.9 Å². The van der Waals surface area contributed by atoms with E-state index in [9.17, 15) is 9.18 Å². The van der Waals surface area contributed by atoms with Gasteiger partial charge in [0.05, 0.1) is 35.3 Å². The van der Waals surface area contributed by atoms with Gasteiger partial charge in [-0.15, -0.1) is 0 Å². The normalized spacial score (nSPS) is 17.9. The summed E-state index contributed by atoms with van der Waals surface area (Å²) in [6.45, 7) is 8.45. The van der Waals surface area contributed by atoms with Crippen LogP contribution < -0.4 is 15.5 Å². The van der Waals surface area contributed by atoms with Gasteiger partial charge < -0.3 is 20.3 Å². The van der Waals surface area contributed by atoms with E-state index in [-0.39, 0.29) is 17.8 Å². The molecule has 10 nitrogen and oxygen atoms in total. The number of alkyl carbamates (subject to hydrolysis) is 1. The van der Waals surface area contributed by atoms with Crippen LogP contribution in [0.2, 0.25) is 0 Å². The number of nitrogens with zero attached hydrogens (tertiary/aromatic N) is 6. The molecule has 1 saturated heterocycles. The Labute approximate surface area is 220 Å². The molecule has 0 spiro atoms. The largest absolute Gasteiger partial charge is 0.444 e. The Kier molecular flexibility index (Phi) is 6.83. The topological polar surface area (TPSA) is 110 Å². The number of imidazole rings is 1. The van der Waals surface area contributed by atoms with Crippen molar-refractivity contribution in [3.63, 3.8) is 0 Å². The summed E-state index contributed by atoms with van der Waals surface area (Å²) in [5, 5.41) is 11.0. The summed E-state index contributed by atoms with van der Waals surface area (Å²) in [7, 11) is 0. The zero-order valence-electron chi connectivity index (χ0n) is 21.8. The van der Waals surface area contributed by atoms with E-state index >= 15 is 0 Å². The Morgan fingerprint density at radius 2 is 1.97 bits per heavy atom. The van der Waals surface area contributed by atoms with Crippen LogP contribution in [0.25, 0.3) is 16.9 Å². The number of anilines is 3. The predicted molar refractivity (Wildman–Crippen MR) is 143 cm³/mol. The molecule has 0 saturated carbocycles. The van der Waals surface area contributed by atoms with E-state index in [1.54, 1.807) is 35.2 Å². The van der Waals surface area contributed by atoms with E-state index < -0.39 is 17.5 Å². The SMILES string of the molecule is C[C@H]1[C@@H](NC(=O)OC(C)(C)C)CCCN1c1ccncc1Nc1ncc2ccc(-c3ncccc3F)nn12. The lowest BCUT2D eigenvalue weighted by Crippen LogP contribution is -2.55. The molecule has 1 amide bonds. The minimum Gasteiger partial charge on any atom is -0.444 e. The van der Waals surface area contributed by atoms with Crippen LogP contribution in [0.4, 0.5) is 26.5 Å². The molecule has 4 aromatic rings. The third-order valence-electron chi connectivity index (χ3n) is 6.43. The number of hydrogen-bond donors (Lipinski definition) is 2. The van der Waals surface area contributed by atoms with Gasteiger partial charge in [-0.1, -0.05) is 0 Å². The summed E-state index contributed by atoms with van der Waals surface area (Å²) in [6, 6.07) is 8.30. The molecule has 38 heavy (non-hydrogen) atoms. The van der Waals surface area contributed by atoms with Crippen LogP contribution in [0.3, 0.4) is 0 Å². The molecule has 0 bridgehead atoms. The summed E-state index contributed by atoms with van der Waals surface area (Å²) >= 11 is 0. The van der Waals surface area contributed by atoms with E-state index in [0.717, 1.165) is 36.3 Å². The number of carbonyl (C=O) groups excluding carboxylic acids is 1. The van der Waals surface area contributed by atoms with Crippen molar-refractivity contribution in [2.45, 2.75) is 58.2 Å². The van der Waals surface area contributed by atoms with E-state index in [4.69, 9.17) is 4.74 Å². The van der Waals surface area contributed by atoms with Gasteiger partial charge in [-0.05, 0) is 70.9 Å². The Morgan fingerprint density at radius 3 is 2.76 bits per heavy atom. The van der Waals surface area contributed by atoms with E-state index in [1.165, 1.54) is 12.3 Å². The fourth-order valence-corrected chi connectivity index (χ4v) is 4.66. The van der Waals surface area contributed by atoms with Gasteiger partial charge in [-0.2, -0.15) is 9.61 Å². The van der Waals surface area contributed by atoms with E-state index in [0.29, 0.717) is 11.6 Å². The van der Waals surface area contributed by atoms with Gasteiger partial charge >= 0.3 is 6.09 Å². The number of carbonyl (C=O) groups is 1. The average Bonchev–Trinajstić information content (AvgIpc) is 3.27. The molecular formula is C27H31FN8O2. The standard InChI is InChI=1S/C27H31FN8O2/c1-17-20(33-26(37)38-27(2,3)4)8-6-14-35(17)23-11-13-29-16-22(23)32-25-31-15-18-9-10-21(34-36(18)25)24-19(28)7-5-12-30-24/h5,7,9-13,15-17,20H,6,8,14H2,1-4H3,(H,31,32)(H,33,37)/t17-,20-/m0/s1. The molecule has 5 heterocycles. The Balaban J connectivity index is 1.41. The first-order valence-corrected chi connectivity index (χ1v) is 12.6. The second kappa shape index (κ2) is 10.2. The second-order valence-corrected chi connectivity index (χ2v) is 10.3. The lowest BCUT2D eigenvalue weighted by Gasteiger charge is -2.41. The molecule has 5 rings (SSSR count). The molecule has 1 aliphatic rings. The number of pyridine rings is 2. The maximum atomic E-state index is 14.3. The number of aromatic nitrogens is 5. The summed E-state index contributed by atoms with van der Waals surface area (Å²) in [4.78, 5) is 27.6. The van der Waals surface area contributed by atoms with Gasteiger partial charge in [0.1, 0.15) is 17.0 Å². The van der Waals surface area contributed by atoms with Gasteiger partial charge in [0.15, 0.2) is 5.82 Å². The number of fused-ring (bicyclic) bond motifs is 1. The van der Waals surface area contributed by atoms with Crippen molar-refractivity contribution in [3.8, 4) is 11.4 Å². The van der Waals surface area contributed by atoms with Gasteiger partial charge in [0.2, 0.25) is 5.95 Å². The zero-order chi connectivity index (χ0) is 26.9. The number of piperidine rings is 1. The fraction of sp³-hybridized carbons (Fsp3) is 0.370. The second-order valence-electron chi connectivity index (χ2n) is 10.3. The Bertz CT molecular complexity index is 1450. The van der Waals surface area contributed by atoms with Crippen LogP contribution in [0, 0.1) is 5.82 Å². The van der Waals surface area contributed by atoms with Gasteiger partial charge in [0.25, 0.3) is 0 Å². The highest BCUT2D eigenvalue weighted by atomic mass is 19.1. The highest BCUT2D eigenvalue weighted by Crippen LogP contribution is 2.33. The smallest absolute Gasteiger partial charge is 0.407 e. The summed E-state index contributed by atoms with van der Waals surface area (Å²) in [5.41, 5.74) is 2.40. The first-order chi connectivity index (χ1) is 18.2.